The number of anilines is 2. The normalized spacial score (nSPS) is 12.7. The second-order valence-corrected chi connectivity index (χ2v) is 6.01. The van der Waals surface area contributed by atoms with Crippen LogP contribution < -0.4 is 9.80 Å². The summed E-state index contributed by atoms with van der Waals surface area (Å²) in [5.74, 6) is -3.24. The summed E-state index contributed by atoms with van der Waals surface area (Å²) in [7, 11) is 0. The Morgan fingerprint density at radius 1 is 1.07 bits per heavy atom. The van der Waals surface area contributed by atoms with Gasteiger partial charge in [0.05, 0.1) is 11.3 Å². The molecule has 0 saturated carbocycles. The number of halogens is 1. The highest BCUT2D eigenvalue weighted by Crippen LogP contribution is 2.28. The molecule has 1 heterocycles. The summed E-state index contributed by atoms with van der Waals surface area (Å²) in [6.45, 7) is 1.02. The third kappa shape index (κ3) is 3.75. The van der Waals surface area contributed by atoms with Gasteiger partial charge >= 0.3 is 5.97 Å². The zero-order valence-electron chi connectivity index (χ0n) is 15.1. The van der Waals surface area contributed by atoms with E-state index in [2.05, 4.69) is 0 Å². The molecule has 2 amide bonds. The number of esters is 1. The van der Waals surface area contributed by atoms with Crippen molar-refractivity contribution in [2.75, 3.05) is 29.5 Å². The van der Waals surface area contributed by atoms with Gasteiger partial charge in [0.25, 0.3) is 17.6 Å². The summed E-state index contributed by atoms with van der Waals surface area (Å²) in [4.78, 5) is 50.8. The average molecular weight is 384 g/mol. The summed E-state index contributed by atoms with van der Waals surface area (Å²) in [6, 6.07) is 11.7. The lowest BCUT2D eigenvalue weighted by Gasteiger charge is -2.21. The van der Waals surface area contributed by atoms with E-state index < -0.39 is 42.5 Å². The number of likely N-dealkylation sites (N-methyl/N-ethyl adjacent to an activating group) is 1. The summed E-state index contributed by atoms with van der Waals surface area (Å²) in [6.07, 6.45) is 0. The number of carbonyl (C=O) groups is 4. The molecule has 2 aromatic rings. The predicted molar refractivity (Wildman–Crippen MR) is 98.5 cm³/mol. The Hall–Kier alpha value is -3.55. The first-order valence-electron chi connectivity index (χ1n) is 8.59. The van der Waals surface area contributed by atoms with E-state index in [1.807, 2.05) is 0 Å². The zero-order chi connectivity index (χ0) is 20.3. The molecule has 0 radical (unpaired) electrons. The van der Waals surface area contributed by atoms with Crippen molar-refractivity contribution in [3.05, 3.63) is 59.9 Å². The molecule has 1 aliphatic heterocycles. The lowest BCUT2D eigenvalue weighted by Crippen LogP contribution is -2.38. The molecule has 7 nitrogen and oxygen atoms in total. The van der Waals surface area contributed by atoms with E-state index in [0.717, 1.165) is 4.90 Å². The molecule has 0 atom stereocenters. The molecule has 1 aliphatic rings. The number of para-hydroxylation sites is 1. The van der Waals surface area contributed by atoms with Crippen LogP contribution in [-0.2, 0) is 19.1 Å². The molecular weight excluding hydrogens is 367 g/mol. The quantitative estimate of drug-likeness (QED) is 0.562. The van der Waals surface area contributed by atoms with Crippen LogP contribution in [-0.4, -0.2) is 43.3 Å². The van der Waals surface area contributed by atoms with E-state index in [4.69, 9.17) is 4.74 Å². The van der Waals surface area contributed by atoms with Crippen molar-refractivity contribution in [3.63, 3.8) is 0 Å². The monoisotopic (exact) mass is 384 g/mol. The minimum Gasteiger partial charge on any atom is -0.454 e. The molecule has 0 fully saturated rings. The number of ketones is 1. The fraction of sp³-hybridized carbons (Fsp3) is 0.200. The summed E-state index contributed by atoms with van der Waals surface area (Å²) >= 11 is 0. The lowest BCUT2D eigenvalue weighted by atomic mass is 10.1. The zero-order valence-corrected chi connectivity index (χ0v) is 15.1. The van der Waals surface area contributed by atoms with Crippen LogP contribution in [0.4, 0.5) is 15.8 Å². The van der Waals surface area contributed by atoms with Crippen LogP contribution >= 0.6 is 0 Å². The second kappa shape index (κ2) is 7.99. The molecule has 0 spiro atoms. The van der Waals surface area contributed by atoms with Gasteiger partial charge in [-0.25, -0.2) is 4.39 Å². The minimum absolute atomic E-state index is 0.227. The van der Waals surface area contributed by atoms with Crippen LogP contribution in [0.1, 0.15) is 17.3 Å². The molecule has 0 unspecified atom stereocenters. The van der Waals surface area contributed by atoms with Gasteiger partial charge < -0.3 is 9.64 Å². The van der Waals surface area contributed by atoms with Crippen LogP contribution in [0.25, 0.3) is 0 Å². The fourth-order valence-electron chi connectivity index (χ4n) is 2.92. The third-order valence-electron chi connectivity index (χ3n) is 4.28. The van der Waals surface area contributed by atoms with E-state index in [-0.39, 0.29) is 5.56 Å². The van der Waals surface area contributed by atoms with E-state index in [9.17, 15) is 23.6 Å². The van der Waals surface area contributed by atoms with Gasteiger partial charge in [-0.15, -0.1) is 0 Å². The summed E-state index contributed by atoms with van der Waals surface area (Å²) in [5.41, 5.74) is 1.03. The van der Waals surface area contributed by atoms with Crippen LogP contribution in [0, 0.1) is 5.82 Å². The highest BCUT2D eigenvalue weighted by atomic mass is 19.1. The maximum atomic E-state index is 13.0. The molecule has 2 aromatic carbocycles. The number of Topliss-reactive ketones (excluding diaryl/α,β-unsaturated/α-hetero) is 1. The Morgan fingerprint density at radius 2 is 1.75 bits per heavy atom. The smallest absolute Gasteiger partial charge is 0.326 e. The number of nitrogens with zero attached hydrogens (tertiary/aromatic N) is 2. The minimum atomic E-state index is -0.818. The van der Waals surface area contributed by atoms with Crippen molar-refractivity contribution in [1.29, 1.82) is 0 Å². The van der Waals surface area contributed by atoms with Gasteiger partial charge in [0, 0.05) is 12.2 Å². The molecule has 0 aliphatic carbocycles. The Balaban J connectivity index is 1.61. The number of amides is 2. The molecule has 3 rings (SSSR count). The maximum Gasteiger partial charge on any atom is 0.326 e. The Kier molecular flexibility index (Phi) is 5.49. The number of ether oxygens (including phenoxy) is 1. The van der Waals surface area contributed by atoms with Crippen molar-refractivity contribution in [3.8, 4) is 0 Å². The molecule has 0 saturated heterocycles. The number of carbonyl (C=O) groups excluding carboxylic acids is 4. The van der Waals surface area contributed by atoms with Gasteiger partial charge in [-0.1, -0.05) is 12.1 Å². The van der Waals surface area contributed by atoms with Gasteiger partial charge in [0.1, 0.15) is 12.4 Å². The second-order valence-electron chi connectivity index (χ2n) is 6.01. The van der Waals surface area contributed by atoms with E-state index in [0.29, 0.717) is 17.9 Å². The summed E-state index contributed by atoms with van der Waals surface area (Å²) < 4.78 is 18.0. The molecule has 0 N–H and O–H groups in total. The van der Waals surface area contributed by atoms with Crippen molar-refractivity contribution >= 4 is 34.9 Å². The number of fused-ring (bicyclic) bond motifs is 1. The lowest BCUT2D eigenvalue weighted by molar-refractivity contribution is -0.146. The largest absolute Gasteiger partial charge is 0.454 e. The Bertz CT molecular complexity index is 942. The summed E-state index contributed by atoms with van der Waals surface area (Å²) in [5, 5.41) is 0. The Morgan fingerprint density at radius 3 is 2.43 bits per heavy atom. The molecule has 144 valence electrons. The molecular formula is C20H17FN2O5. The van der Waals surface area contributed by atoms with Crippen LogP contribution in [0.5, 0.6) is 0 Å². The average Bonchev–Trinajstić information content (AvgIpc) is 2.93. The number of hydrogen-bond acceptors (Lipinski definition) is 5. The van der Waals surface area contributed by atoms with Crippen molar-refractivity contribution in [1.82, 2.24) is 0 Å². The standard InChI is InChI=1S/C20H17FN2O5/c1-2-22(14-9-7-13(21)8-10-14)17(24)12-28-18(25)11-23-16-6-4-3-5-15(16)19(26)20(23)27/h3-10H,2,11-12H2,1H3. The van der Waals surface area contributed by atoms with Crippen molar-refractivity contribution in [2.24, 2.45) is 0 Å². The van der Waals surface area contributed by atoms with E-state index in [1.54, 1.807) is 25.1 Å². The maximum absolute atomic E-state index is 13.0. The van der Waals surface area contributed by atoms with Gasteiger partial charge in [0.15, 0.2) is 6.61 Å². The highest BCUT2D eigenvalue weighted by Gasteiger charge is 2.36. The van der Waals surface area contributed by atoms with Gasteiger partial charge in [-0.2, -0.15) is 0 Å². The molecule has 0 bridgehead atoms. The number of hydrogen-bond donors (Lipinski definition) is 0. The van der Waals surface area contributed by atoms with Crippen molar-refractivity contribution in [2.45, 2.75) is 6.92 Å². The van der Waals surface area contributed by atoms with Gasteiger partial charge in [-0.3, -0.25) is 24.1 Å². The van der Waals surface area contributed by atoms with Crippen LogP contribution in [0.3, 0.4) is 0 Å². The topological polar surface area (TPSA) is 84.0 Å². The number of benzene rings is 2. The third-order valence-corrected chi connectivity index (χ3v) is 4.28. The first-order valence-corrected chi connectivity index (χ1v) is 8.59. The van der Waals surface area contributed by atoms with Gasteiger partial charge in [-0.05, 0) is 43.3 Å². The van der Waals surface area contributed by atoms with E-state index >= 15 is 0 Å². The first-order chi connectivity index (χ1) is 13.4. The van der Waals surface area contributed by atoms with Gasteiger partial charge in [0.2, 0.25) is 0 Å². The first kappa shape index (κ1) is 19.2. The van der Waals surface area contributed by atoms with E-state index in [1.165, 1.54) is 35.2 Å². The predicted octanol–water partition coefficient (Wildman–Crippen LogP) is 1.95. The highest BCUT2D eigenvalue weighted by molar-refractivity contribution is 6.52. The SMILES string of the molecule is CCN(C(=O)COC(=O)CN1C(=O)C(=O)c2ccccc21)c1ccc(F)cc1. The molecule has 8 heteroatoms. The van der Waals surface area contributed by atoms with Crippen molar-refractivity contribution < 1.29 is 28.3 Å². The fourth-order valence-corrected chi connectivity index (χ4v) is 2.92. The van der Waals surface area contributed by atoms with Crippen LogP contribution in [0.2, 0.25) is 0 Å². The molecule has 0 aromatic heterocycles. The Labute approximate surface area is 160 Å². The molecule has 28 heavy (non-hydrogen) atoms. The number of rotatable bonds is 6. The van der Waals surface area contributed by atoms with Crippen LogP contribution in [0.15, 0.2) is 48.5 Å².